The molecule has 1 aromatic carbocycles. The van der Waals surface area contributed by atoms with Gasteiger partial charge in [-0.15, -0.1) is 0 Å². The molecule has 0 atom stereocenters. The topological polar surface area (TPSA) is 106 Å². The fourth-order valence-electron chi connectivity index (χ4n) is 4.81. The summed E-state index contributed by atoms with van der Waals surface area (Å²) in [5, 5.41) is 5.24. The van der Waals surface area contributed by atoms with Crippen molar-refractivity contribution in [2.75, 3.05) is 51.9 Å². The quantitative estimate of drug-likeness (QED) is 0.471. The smallest absolute Gasteiger partial charge is 0.260 e. The molecule has 1 aliphatic carbocycles. The summed E-state index contributed by atoms with van der Waals surface area (Å²) in [6.45, 7) is 2.94. The number of nitrogens with zero attached hydrogens (tertiary/aromatic N) is 4. The molecule has 3 aromatic rings. The molecule has 0 spiro atoms. The number of amides is 2. The van der Waals surface area contributed by atoms with Gasteiger partial charge in [0.05, 0.1) is 18.8 Å². The Morgan fingerprint density at radius 3 is 2.56 bits per heavy atom. The van der Waals surface area contributed by atoms with E-state index in [1.807, 2.05) is 12.1 Å². The van der Waals surface area contributed by atoms with Crippen LogP contribution in [0.5, 0.6) is 11.8 Å². The lowest BCUT2D eigenvalue weighted by Gasteiger charge is -2.31. The first-order valence-electron chi connectivity index (χ1n) is 13.5. The molecule has 10 heteroatoms. The SMILES string of the molecule is CN(C)C(=O)COc1ccc(C(=O)N[C@H]2CC[C@@H](Oc3nc(N4CCOCC4)cc4ccccc34)CC2)cn1. The number of pyridine rings is 2. The molecule has 2 aliphatic rings. The van der Waals surface area contributed by atoms with Gasteiger partial charge < -0.3 is 29.3 Å². The highest BCUT2D eigenvalue weighted by Crippen LogP contribution is 2.31. The number of benzene rings is 1. The lowest BCUT2D eigenvalue weighted by atomic mass is 9.92. The van der Waals surface area contributed by atoms with Gasteiger partial charge in [-0.1, -0.05) is 18.2 Å². The number of rotatable bonds is 8. The zero-order valence-electron chi connectivity index (χ0n) is 22.5. The Bertz CT molecular complexity index is 1280. The van der Waals surface area contributed by atoms with Crippen molar-refractivity contribution in [1.82, 2.24) is 20.2 Å². The number of hydrogen-bond acceptors (Lipinski definition) is 8. The molecule has 2 amide bonds. The number of likely N-dealkylation sites (N-methyl/N-ethyl adjacent to an activating group) is 1. The number of aromatic nitrogens is 2. The highest BCUT2D eigenvalue weighted by atomic mass is 16.5. The molecule has 206 valence electrons. The Kier molecular flexibility index (Phi) is 8.41. The van der Waals surface area contributed by atoms with Gasteiger partial charge in [0.2, 0.25) is 11.8 Å². The zero-order valence-corrected chi connectivity index (χ0v) is 22.5. The molecule has 1 saturated heterocycles. The van der Waals surface area contributed by atoms with Crippen LogP contribution < -0.4 is 19.7 Å². The Morgan fingerprint density at radius 2 is 1.85 bits per heavy atom. The molecule has 2 aromatic heterocycles. The van der Waals surface area contributed by atoms with Gasteiger partial charge in [0.1, 0.15) is 11.9 Å². The molecule has 3 heterocycles. The number of nitrogens with one attached hydrogen (secondary N) is 1. The predicted octanol–water partition coefficient (Wildman–Crippen LogP) is 3.05. The molecule has 10 nitrogen and oxygen atoms in total. The molecule has 0 bridgehead atoms. The number of carbonyl (C=O) groups excluding carboxylic acids is 2. The maximum absolute atomic E-state index is 12.8. The molecule has 1 N–H and O–H groups in total. The fraction of sp³-hybridized carbons (Fsp3) is 0.448. The van der Waals surface area contributed by atoms with Crippen LogP contribution in [0, 0.1) is 0 Å². The minimum Gasteiger partial charge on any atom is -0.474 e. The van der Waals surface area contributed by atoms with Crippen LogP contribution >= 0.6 is 0 Å². The number of anilines is 1. The number of ether oxygens (including phenoxy) is 3. The molecular formula is C29H35N5O5. The minimum atomic E-state index is -0.173. The minimum absolute atomic E-state index is 0.0389. The lowest BCUT2D eigenvalue weighted by molar-refractivity contribution is -0.130. The van der Waals surface area contributed by atoms with E-state index in [0.717, 1.165) is 55.4 Å². The average molecular weight is 534 g/mol. The third kappa shape index (κ3) is 6.75. The summed E-state index contributed by atoms with van der Waals surface area (Å²) in [5.74, 6) is 1.56. The van der Waals surface area contributed by atoms with Crippen LogP contribution in [-0.4, -0.2) is 85.8 Å². The monoisotopic (exact) mass is 533 g/mol. The van der Waals surface area contributed by atoms with Crippen molar-refractivity contribution in [3.05, 3.63) is 54.2 Å². The van der Waals surface area contributed by atoms with E-state index in [1.165, 1.54) is 11.1 Å². The molecule has 2 fully saturated rings. The van der Waals surface area contributed by atoms with E-state index in [4.69, 9.17) is 19.2 Å². The standard InChI is InChI=1S/C29H35N5O5/c1-33(2)27(35)19-38-26-12-7-21(18-30-26)28(36)31-22-8-10-23(11-9-22)39-29-24-6-4-3-5-20(24)17-25(32-29)34-13-15-37-16-14-34/h3-7,12,17-18,22-23H,8-11,13-16,19H2,1-2H3,(H,31,36)/t22-,23+. The molecular weight excluding hydrogens is 498 g/mol. The fourth-order valence-corrected chi connectivity index (χ4v) is 4.81. The van der Waals surface area contributed by atoms with E-state index in [0.29, 0.717) is 30.5 Å². The first kappa shape index (κ1) is 26.7. The number of fused-ring (bicyclic) bond motifs is 1. The van der Waals surface area contributed by atoms with Gasteiger partial charge in [-0.2, -0.15) is 4.98 Å². The van der Waals surface area contributed by atoms with E-state index >= 15 is 0 Å². The van der Waals surface area contributed by atoms with Gasteiger partial charge in [0.15, 0.2) is 6.61 Å². The highest BCUT2D eigenvalue weighted by molar-refractivity contribution is 5.94. The van der Waals surface area contributed by atoms with E-state index in [2.05, 4.69) is 33.4 Å². The molecule has 1 saturated carbocycles. The van der Waals surface area contributed by atoms with E-state index in [9.17, 15) is 9.59 Å². The van der Waals surface area contributed by atoms with Crippen molar-refractivity contribution in [3.63, 3.8) is 0 Å². The van der Waals surface area contributed by atoms with Gasteiger partial charge in [0.25, 0.3) is 11.8 Å². The van der Waals surface area contributed by atoms with Crippen molar-refractivity contribution in [3.8, 4) is 11.8 Å². The van der Waals surface area contributed by atoms with Crippen molar-refractivity contribution >= 4 is 28.4 Å². The van der Waals surface area contributed by atoms with Gasteiger partial charge in [-0.3, -0.25) is 9.59 Å². The van der Waals surface area contributed by atoms with Crippen LogP contribution in [0.1, 0.15) is 36.0 Å². The Morgan fingerprint density at radius 1 is 1.08 bits per heavy atom. The summed E-state index contributed by atoms with van der Waals surface area (Å²) >= 11 is 0. The van der Waals surface area contributed by atoms with Crippen LogP contribution in [0.2, 0.25) is 0 Å². The summed E-state index contributed by atoms with van der Waals surface area (Å²) in [4.78, 5) is 37.2. The van der Waals surface area contributed by atoms with Gasteiger partial charge in [-0.05, 0) is 49.3 Å². The normalized spacial score (nSPS) is 19.4. The van der Waals surface area contributed by atoms with Crippen LogP contribution in [0.3, 0.4) is 0 Å². The number of morpholine rings is 1. The summed E-state index contributed by atoms with van der Waals surface area (Å²) in [7, 11) is 3.32. The second-order valence-corrected chi connectivity index (χ2v) is 10.1. The summed E-state index contributed by atoms with van der Waals surface area (Å²) < 4.78 is 17.4. The Balaban J connectivity index is 1.15. The van der Waals surface area contributed by atoms with Crippen molar-refractivity contribution in [2.45, 2.75) is 37.8 Å². The van der Waals surface area contributed by atoms with Crippen molar-refractivity contribution in [1.29, 1.82) is 0 Å². The van der Waals surface area contributed by atoms with E-state index in [-0.39, 0.29) is 30.6 Å². The van der Waals surface area contributed by atoms with E-state index in [1.54, 1.807) is 26.2 Å². The third-order valence-electron chi connectivity index (χ3n) is 7.16. The highest BCUT2D eigenvalue weighted by Gasteiger charge is 2.26. The molecule has 39 heavy (non-hydrogen) atoms. The zero-order chi connectivity index (χ0) is 27.2. The molecule has 0 radical (unpaired) electrons. The third-order valence-corrected chi connectivity index (χ3v) is 7.16. The second-order valence-electron chi connectivity index (χ2n) is 10.1. The molecule has 1 aliphatic heterocycles. The molecule has 5 rings (SSSR count). The second kappa shape index (κ2) is 12.3. The van der Waals surface area contributed by atoms with E-state index < -0.39 is 0 Å². The van der Waals surface area contributed by atoms with Crippen LogP contribution in [0.15, 0.2) is 48.7 Å². The van der Waals surface area contributed by atoms with Crippen LogP contribution in [0.25, 0.3) is 10.8 Å². The van der Waals surface area contributed by atoms with Crippen molar-refractivity contribution in [2.24, 2.45) is 0 Å². The number of hydrogen-bond donors (Lipinski definition) is 1. The maximum Gasteiger partial charge on any atom is 0.260 e. The van der Waals surface area contributed by atoms with Gasteiger partial charge in [-0.25, -0.2) is 4.98 Å². The first-order chi connectivity index (χ1) is 19.0. The molecule has 0 unspecified atom stereocenters. The Labute approximate surface area is 228 Å². The number of carbonyl (C=O) groups is 2. The average Bonchev–Trinajstić information content (AvgIpc) is 2.97. The van der Waals surface area contributed by atoms with Crippen LogP contribution in [0.4, 0.5) is 5.82 Å². The van der Waals surface area contributed by atoms with Crippen molar-refractivity contribution < 1.29 is 23.8 Å². The summed E-state index contributed by atoms with van der Waals surface area (Å²) in [6.07, 6.45) is 4.80. The lowest BCUT2D eigenvalue weighted by Crippen LogP contribution is -2.40. The van der Waals surface area contributed by atoms with Crippen LogP contribution in [-0.2, 0) is 9.53 Å². The Hall–Kier alpha value is -3.92. The maximum atomic E-state index is 12.8. The largest absolute Gasteiger partial charge is 0.474 e. The predicted molar refractivity (Wildman–Crippen MR) is 147 cm³/mol. The van der Waals surface area contributed by atoms with Gasteiger partial charge >= 0.3 is 0 Å². The summed E-state index contributed by atoms with van der Waals surface area (Å²) in [5.41, 5.74) is 0.454. The van der Waals surface area contributed by atoms with Gasteiger partial charge in [0, 0.05) is 50.9 Å². The summed E-state index contributed by atoms with van der Waals surface area (Å²) in [6, 6.07) is 13.6. The first-order valence-corrected chi connectivity index (χ1v) is 13.5.